The van der Waals surface area contributed by atoms with Gasteiger partial charge in [0.2, 0.25) is 0 Å². The van der Waals surface area contributed by atoms with Gasteiger partial charge in [-0.25, -0.2) is 9.97 Å². The van der Waals surface area contributed by atoms with Crippen molar-refractivity contribution < 1.29 is 9.47 Å². The highest BCUT2D eigenvalue weighted by Crippen LogP contribution is 2.44. The smallest absolute Gasteiger partial charge is 0.144 e. The van der Waals surface area contributed by atoms with Crippen LogP contribution < -0.4 is 5.73 Å². The van der Waals surface area contributed by atoms with Crippen LogP contribution in [-0.2, 0) is 16.1 Å². The summed E-state index contributed by atoms with van der Waals surface area (Å²) in [7, 11) is 0. The minimum absolute atomic E-state index is 0.0193. The van der Waals surface area contributed by atoms with Crippen molar-refractivity contribution in [1.82, 2.24) is 9.97 Å². The van der Waals surface area contributed by atoms with Gasteiger partial charge in [-0.2, -0.15) is 0 Å². The van der Waals surface area contributed by atoms with Crippen LogP contribution in [0.4, 0.5) is 5.82 Å². The minimum Gasteiger partial charge on any atom is -0.382 e. The van der Waals surface area contributed by atoms with E-state index in [0.717, 1.165) is 22.2 Å². The van der Waals surface area contributed by atoms with Gasteiger partial charge in [0.1, 0.15) is 18.2 Å². The molecule has 1 fully saturated rings. The largest absolute Gasteiger partial charge is 0.382 e. The lowest BCUT2D eigenvalue weighted by Crippen LogP contribution is -2.25. The zero-order valence-corrected chi connectivity index (χ0v) is 15.8. The van der Waals surface area contributed by atoms with Gasteiger partial charge in [0.05, 0.1) is 29.0 Å². The molecule has 6 heteroatoms. The van der Waals surface area contributed by atoms with Crippen molar-refractivity contribution in [2.45, 2.75) is 45.2 Å². The number of aromatic nitrogens is 2. The van der Waals surface area contributed by atoms with E-state index in [-0.39, 0.29) is 18.3 Å². The second kappa shape index (κ2) is 7.31. The molecule has 26 heavy (non-hydrogen) atoms. The Labute approximate surface area is 157 Å². The SMILES string of the molecule is CC[C@H]1O[C@@H](c2csc3c(N)ncnc23)[C@H](OCc2ccccc2)[C@@H]1C. The molecule has 1 saturated heterocycles. The quantitative estimate of drug-likeness (QED) is 0.724. The summed E-state index contributed by atoms with van der Waals surface area (Å²) in [6, 6.07) is 10.3. The van der Waals surface area contributed by atoms with E-state index < -0.39 is 0 Å². The van der Waals surface area contributed by atoms with Crippen LogP contribution in [-0.4, -0.2) is 22.2 Å². The highest BCUT2D eigenvalue weighted by atomic mass is 32.1. The van der Waals surface area contributed by atoms with Gasteiger partial charge in [0.15, 0.2) is 0 Å². The number of rotatable bonds is 5. The molecule has 1 aliphatic heterocycles. The molecule has 1 aliphatic rings. The molecular weight excluding hydrogens is 346 g/mol. The molecule has 0 spiro atoms. The van der Waals surface area contributed by atoms with Crippen molar-refractivity contribution in [3.05, 3.63) is 53.2 Å². The number of fused-ring (bicyclic) bond motifs is 1. The van der Waals surface area contributed by atoms with Gasteiger partial charge in [-0.05, 0) is 17.4 Å². The van der Waals surface area contributed by atoms with Crippen LogP contribution in [0.1, 0.15) is 37.5 Å². The standard InChI is InChI=1S/C20H23N3O2S/c1-3-15-12(2)17(24-9-13-7-5-4-6-8-13)18(25-15)14-10-26-19-16(14)22-11-23-20(19)21/h4-8,10-12,15,17-18H,3,9H2,1-2H3,(H2,21,22,23)/t12-,15-,17-,18+/m1/s1. The van der Waals surface area contributed by atoms with Crippen LogP contribution in [0.25, 0.3) is 10.2 Å². The van der Waals surface area contributed by atoms with Crippen molar-refractivity contribution >= 4 is 27.4 Å². The summed E-state index contributed by atoms with van der Waals surface area (Å²) in [5, 5.41) is 2.09. The average Bonchev–Trinajstić information content (AvgIpc) is 3.23. The Morgan fingerprint density at radius 2 is 2.04 bits per heavy atom. The second-order valence-electron chi connectivity index (χ2n) is 6.75. The van der Waals surface area contributed by atoms with E-state index in [4.69, 9.17) is 15.2 Å². The third-order valence-corrected chi connectivity index (χ3v) is 6.14. The molecule has 3 aromatic rings. The molecule has 136 valence electrons. The summed E-state index contributed by atoms with van der Waals surface area (Å²) in [5.41, 5.74) is 9.11. The zero-order chi connectivity index (χ0) is 18.1. The highest BCUT2D eigenvalue weighted by molar-refractivity contribution is 7.17. The number of hydrogen-bond acceptors (Lipinski definition) is 6. The van der Waals surface area contributed by atoms with E-state index in [9.17, 15) is 0 Å². The van der Waals surface area contributed by atoms with E-state index in [0.29, 0.717) is 18.3 Å². The van der Waals surface area contributed by atoms with Crippen LogP contribution >= 0.6 is 11.3 Å². The zero-order valence-electron chi connectivity index (χ0n) is 15.0. The Morgan fingerprint density at radius 1 is 1.23 bits per heavy atom. The maximum absolute atomic E-state index is 6.40. The maximum Gasteiger partial charge on any atom is 0.144 e. The van der Waals surface area contributed by atoms with Gasteiger partial charge in [-0.3, -0.25) is 0 Å². The van der Waals surface area contributed by atoms with Crippen LogP contribution in [0.5, 0.6) is 0 Å². The highest BCUT2D eigenvalue weighted by Gasteiger charge is 2.43. The summed E-state index contributed by atoms with van der Waals surface area (Å²) in [5.74, 6) is 0.828. The molecule has 0 bridgehead atoms. The monoisotopic (exact) mass is 369 g/mol. The van der Waals surface area contributed by atoms with Gasteiger partial charge >= 0.3 is 0 Å². The number of ether oxygens (including phenoxy) is 2. The van der Waals surface area contributed by atoms with Crippen molar-refractivity contribution in [2.24, 2.45) is 5.92 Å². The number of hydrogen-bond donors (Lipinski definition) is 1. The van der Waals surface area contributed by atoms with Crippen LogP contribution in [0.3, 0.4) is 0 Å². The van der Waals surface area contributed by atoms with Crippen molar-refractivity contribution in [3.8, 4) is 0 Å². The number of nitrogen functional groups attached to an aromatic ring is 1. The first-order valence-corrected chi connectivity index (χ1v) is 9.85. The van der Waals surface area contributed by atoms with Gasteiger partial charge in [-0.1, -0.05) is 44.2 Å². The Balaban J connectivity index is 1.64. The van der Waals surface area contributed by atoms with Crippen LogP contribution in [0.15, 0.2) is 42.0 Å². The van der Waals surface area contributed by atoms with Gasteiger partial charge < -0.3 is 15.2 Å². The molecule has 0 unspecified atom stereocenters. The third-order valence-electron chi connectivity index (χ3n) is 5.13. The number of nitrogens with two attached hydrogens (primary N) is 1. The molecule has 0 radical (unpaired) electrons. The number of anilines is 1. The lowest BCUT2D eigenvalue weighted by atomic mass is 9.94. The van der Waals surface area contributed by atoms with E-state index in [1.807, 2.05) is 18.2 Å². The fourth-order valence-electron chi connectivity index (χ4n) is 3.69. The summed E-state index contributed by atoms with van der Waals surface area (Å²) >= 11 is 1.57. The summed E-state index contributed by atoms with van der Waals surface area (Å²) in [4.78, 5) is 8.55. The number of benzene rings is 1. The molecule has 0 saturated carbocycles. The van der Waals surface area contributed by atoms with E-state index >= 15 is 0 Å². The second-order valence-corrected chi connectivity index (χ2v) is 7.63. The fourth-order valence-corrected chi connectivity index (χ4v) is 4.64. The fraction of sp³-hybridized carbons (Fsp3) is 0.400. The molecule has 1 aromatic carbocycles. The maximum atomic E-state index is 6.40. The molecule has 5 nitrogen and oxygen atoms in total. The first-order valence-electron chi connectivity index (χ1n) is 8.97. The number of thiophene rings is 1. The molecular formula is C20H23N3O2S. The molecule has 2 N–H and O–H groups in total. The molecule has 4 rings (SSSR count). The van der Waals surface area contributed by atoms with Crippen LogP contribution in [0, 0.1) is 5.92 Å². The number of nitrogens with zero attached hydrogens (tertiary/aromatic N) is 2. The van der Waals surface area contributed by atoms with E-state index in [2.05, 4.69) is 41.3 Å². The normalized spacial score (nSPS) is 25.8. The van der Waals surface area contributed by atoms with Gasteiger partial charge in [0, 0.05) is 11.5 Å². The average molecular weight is 369 g/mol. The predicted octanol–water partition coefficient (Wildman–Crippen LogP) is 4.34. The van der Waals surface area contributed by atoms with Crippen LogP contribution in [0.2, 0.25) is 0 Å². The molecule has 3 heterocycles. The Morgan fingerprint density at radius 3 is 2.81 bits per heavy atom. The topological polar surface area (TPSA) is 70.3 Å². The van der Waals surface area contributed by atoms with Crippen molar-refractivity contribution in [3.63, 3.8) is 0 Å². The Bertz CT molecular complexity index is 883. The Hall–Kier alpha value is -2.02. The summed E-state index contributed by atoms with van der Waals surface area (Å²) in [6.45, 7) is 4.94. The van der Waals surface area contributed by atoms with Gasteiger partial charge in [-0.15, -0.1) is 11.3 Å². The van der Waals surface area contributed by atoms with E-state index in [1.165, 1.54) is 11.9 Å². The van der Waals surface area contributed by atoms with Gasteiger partial charge in [0.25, 0.3) is 0 Å². The summed E-state index contributed by atoms with van der Waals surface area (Å²) < 4.78 is 13.7. The first-order chi connectivity index (χ1) is 12.7. The third kappa shape index (κ3) is 3.09. The Kier molecular flexibility index (Phi) is 4.89. The van der Waals surface area contributed by atoms with E-state index in [1.54, 1.807) is 11.3 Å². The lowest BCUT2D eigenvalue weighted by molar-refractivity contribution is -0.0329. The molecule has 0 aliphatic carbocycles. The lowest BCUT2D eigenvalue weighted by Gasteiger charge is -2.21. The first kappa shape index (κ1) is 17.4. The van der Waals surface area contributed by atoms with Crippen molar-refractivity contribution in [2.75, 3.05) is 5.73 Å². The van der Waals surface area contributed by atoms with Crippen molar-refractivity contribution in [1.29, 1.82) is 0 Å². The molecule has 2 aromatic heterocycles. The molecule has 0 amide bonds. The molecule has 4 atom stereocenters. The summed E-state index contributed by atoms with van der Waals surface area (Å²) in [6.07, 6.45) is 2.50. The minimum atomic E-state index is -0.137. The predicted molar refractivity (Wildman–Crippen MR) is 104 cm³/mol.